The minimum absolute atomic E-state index is 0.0317. The van der Waals surface area contributed by atoms with Crippen LogP contribution < -0.4 is 5.32 Å². The predicted molar refractivity (Wildman–Crippen MR) is 184 cm³/mol. The molecule has 3 N–H and O–H groups in total. The average molecular weight is 673 g/mol. The van der Waals surface area contributed by atoms with Gasteiger partial charge >= 0.3 is 11.9 Å². The van der Waals surface area contributed by atoms with Gasteiger partial charge in [0.2, 0.25) is 5.91 Å². The van der Waals surface area contributed by atoms with E-state index in [0.717, 1.165) is 52.8 Å². The van der Waals surface area contributed by atoms with Crippen LogP contribution >= 0.6 is 0 Å². The van der Waals surface area contributed by atoms with E-state index in [1.165, 1.54) is 0 Å². The van der Waals surface area contributed by atoms with Crippen molar-refractivity contribution < 1.29 is 38.8 Å². The highest BCUT2D eigenvalue weighted by molar-refractivity contribution is 5.77. The van der Waals surface area contributed by atoms with E-state index in [-0.39, 0.29) is 49.6 Å². The molecule has 10 nitrogen and oxygen atoms in total. The van der Waals surface area contributed by atoms with Gasteiger partial charge in [0.05, 0.1) is 18.8 Å². The van der Waals surface area contributed by atoms with Crippen LogP contribution in [0.3, 0.4) is 0 Å². The topological polar surface area (TPSA) is 135 Å². The number of hydrogen-bond acceptors (Lipinski definition) is 8. The van der Waals surface area contributed by atoms with E-state index < -0.39 is 17.9 Å². The summed E-state index contributed by atoms with van der Waals surface area (Å²) < 4.78 is 19.0. The SMILES string of the molecule is CC(C)(C)OC(=O)[C@@H]1CCCN1C[C@@H]1C[C@H](c2ccc(CO)cc2)O[C@H](c2cccc(-c3cccc(CNC(=O)CCCC(=O)O)c3)c2)O1. The van der Waals surface area contributed by atoms with Crippen molar-refractivity contribution in [3.8, 4) is 11.1 Å². The Morgan fingerprint density at radius 2 is 1.65 bits per heavy atom. The molecule has 0 saturated carbocycles. The van der Waals surface area contributed by atoms with Crippen molar-refractivity contribution in [1.82, 2.24) is 10.2 Å². The van der Waals surface area contributed by atoms with E-state index >= 15 is 0 Å². The molecule has 0 aromatic heterocycles. The monoisotopic (exact) mass is 672 g/mol. The van der Waals surface area contributed by atoms with Crippen molar-refractivity contribution in [3.05, 3.63) is 95.1 Å². The van der Waals surface area contributed by atoms with Crippen molar-refractivity contribution in [2.45, 2.75) is 103 Å². The fraction of sp³-hybridized carbons (Fsp3) is 0.462. The van der Waals surface area contributed by atoms with E-state index in [2.05, 4.69) is 16.3 Å². The van der Waals surface area contributed by atoms with Gasteiger partial charge in [0.25, 0.3) is 0 Å². The Hall–Kier alpha value is -4.09. The summed E-state index contributed by atoms with van der Waals surface area (Å²) in [5.41, 5.74) is 5.00. The summed E-state index contributed by atoms with van der Waals surface area (Å²) in [6, 6.07) is 23.4. The molecule has 262 valence electrons. The van der Waals surface area contributed by atoms with Crippen LogP contribution in [-0.4, -0.2) is 63.8 Å². The van der Waals surface area contributed by atoms with Crippen LogP contribution in [0.4, 0.5) is 0 Å². The highest BCUT2D eigenvalue weighted by atomic mass is 16.7. The second kappa shape index (κ2) is 16.5. The number of likely N-dealkylation sites (tertiary alicyclic amines) is 1. The van der Waals surface area contributed by atoms with E-state index in [0.29, 0.717) is 25.9 Å². The van der Waals surface area contributed by atoms with E-state index in [1.807, 2.05) is 87.5 Å². The number of hydrogen-bond donors (Lipinski definition) is 3. The molecule has 0 aliphatic carbocycles. The smallest absolute Gasteiger partial charge is 0.323 e. The molecule has 3 aromatic carbocycles. The first-order valence-electron chi connectivity index (χ1n) is 17.1. The first-order chi connectivity index (χ1) is 23.5. The maximum Gasteiger partial charge on any atom is 0.323 e. The molecule has 0 spiro atoms. The lowest BCUT2D eigenvalue weighted by Crippen LogP contribution is -2.45. The lowest BCUT2D eigenvalue weighted by molar-refractivity contribution is -0.253. The number of aliphatic hydroxyl groups excluding tert-OH is 1. The van der Waals surface area contributed by atoms with E-state index in [9.17, 15) is 19.5 Å². The maximum atomic E-state index is 13.1. The number of aliphatic hydroxyl groups is 1. The Morgan fingerprint density at radius 3 is 2.37 bits per heavy atom. The molecular formula is C39H48N2O8. The van der Waals surface area contributed by atoms with E-state index in [1.54, 1.807) is 0 Å². The van der Waals surface area contributed by atoms with Crippen LogP contribution in [0, 0.1) is 0 Å². The Bertz CT molecular complexity index is 1580. The third-order valence-corrected chi connectivity index (χ3v) is 8.80. The number of carboxylic acid groups (broad SMARTS) is 1. The van der Waals surface area contributed by atoms with Crippen LogP contribution in [0.25, 0.3) is 11.1 Å². The summed E-state index contributed by atoms with van der Waals surface area (Å²) in [6.07, 6.45) is 1.59. The number of ether oxygens (including phenoxy) is 3. The standard InChI is InChI=1S/C39H48N2O8/c1-39(2,3)49-37(46)33-12-7-19-41(33)24-32-22-34(28-17-15-26(25-42)16-18-28)48-38(47-32)31-11-5-10-30(21-31)29-9-4-8-27(20-29)23-40-35(43)13-6-14-36(44)45/h4-5,8-11,15-18,20-21,32-34,38,42H,6-7,12-14,19,22-25H2,1-3H3,(H,40,43)(H,44,45)/t32-,33-,34+,38+/m0/s1. The number of benzene rings is 3. The number of esters is 1. The van der Waals surface area contributed by atoms with Gasteiger partial charge in [-0.2, -0.15) is 0 Å². The van der Waals surface area contributed by atoms with Crippen molar-refractivity contribution in [3.63, 3.8) is 0 Å². The first kappa shape index (κ1) is 36.2. The molecule has 49 heavy (non-hydrogen) atoms. The summed E-state index contributed by atoms with van der Waals surface area (Å²) in [5.74, 6) is -1.29. The highest BCUT2D eigenvalue weighted by Gasteiger charge is 2.39. The third-order valence-electron chi connectivity index (χ3n) is 8.80. The third kappa shape index (κ3) is 10.4. The molecule has 2 aliphatic rings. The molecule has 4 atom stereocenters. The molecule has 2 saturated heterocycles. The summed E-state index contributed by atoms with van der Waals surface area (Å²) in [7, 11) is 0. The molecule has 1 amide bonds. The molecule has 3 aromatic rings. The predicted octanol–water partition coefficient (Wildman–Crippen LogP) is 6.07. The van der Waals surface area contributed by atoms with Crippen LogP contribution in [-0.2, 0) is 41.7 Å². The van der Waals surface area contributed by atoms with Gasteiger partial charge in [0.15, 0.2) is 6.29 Å². The minimum Gasteiger partial charge on any atom is -0.481 e. The van der Waals surface area contributed by atoms with Gasteiger partial charge < -0.3 is 29.7 Å². The first-order valence-corrected chi connectivity index (χ1v) is 17.1. The number of carboxylic acids is 1. The van der Waals surface area contributed by atoms with Gasteiger partial charge in [-0.1, -0.05) is 60.7 Å². The Balaban J connectivity index is 1.32. The molecule has 0 unspecified atom stereocenters. The van der Waals surface area contributed by atoms with Gasteiger partial charge in [-0.05, 0) is 86.5 Å². The summed E-state index contributed by atoms with van der Waals surface area (Å²) in [6.45, 7) is 7.33. The van der Waals surface area contributed by atoms with Crippen LogP contribution in [0.15, 0.2) is 72.8 Å². The van der Waals surface area contributed by atoms with Crippen molar-refractivity contribution in [2.24, 2.45) is 0 Å². The van der Waals surface area contributed by atoms with Gasteiger partial charge in [0, 0.05) is 37.9 Å². The second-order valence-corrected chi connectivity index (χ2v) is 13.9. The van der Waals surface area contributed by atoms with Crippen LogP contribution in [0.5, 0.6) is 0 Å². The van der Waals surface area contributed by atoms with Crippen molar-refractivity contribution >= 4 is 17.8 Å². The number of nitrogens with one attached hydrogen (secondary N) is 1. The molecule has 2 aliphatic heterocycles. The van der Waals surface area contributed by atoms with Crippen LogP contribution in [0.2, 0.25) is 0 Å². The van der Waals surface area contributed by atoms with Gasteiger partial charge in [0.1, 0.15) is 11.6 Å². The normalized spacial score (nSPS) is 21.3. The Morgan fingerprint density at radius 1 is 0.918 bits per heavy atom. The molecule has 0 bridgehead atoms. The zero-order chi connectivity index (χ0) is 35.0. The number of carbonyl (C=O) groups is 3. The minimum atomic E-state index is -0.909. The highest BCUT2D eigenvalue weighted by Crippen LogP contribution is 2.39. The summed E-state index contributed by atoms with van der Waals surface area (Å²) in [5, 5.41) is 21.3. The van der Waals surface area contributed by atoms with Crippen molar-refractivity contribution in [1.29, 1.82) is 0 Å². The van der Waals surface area contributed by atoms with Gasteiger partial charge in [-0.15, -0.1) is 0 Å². The van der Waals surface area contributed by atoms with Gasteiger partial charge in [-0.25, -0.2) is 0 Å². The number of nitrogens with zero attached hydrogens (tertiary/aromatic N) is 1. The summed E-state index contributed by atoms with van der Waals surface area (Å²) in [4.78, 5) is 38.2. The molecule has 2 fully saturated rings. The zero-order valence-corrected chi connectivity index (χ0v) is 28.6. The number of aliphatic carboxylic acids is 1. The van der Waals surface area contributed by atoms with Crippen molar-refractivity contribution in [2.75, 3.05) is 13.1 Å². The Kier molecular flexibility index (Phi) is 12.2. The van der Waals surface area contributed by atoms with Crippen LogP contribution in [0.1, 0.15) is 93.9 Å². The number of amides is 1. The van der Waals surface area contributed by atoms with Gasteiger partial charge in [-0.3, -0.25) is 19.3 Å². The largest absolute Gasteiger partial charge is 0.481 e. The fourth-order valence-electron chi connectivity index (χ4n) is 6.39. The Labute approximate surface area is 288 Å². The molecule has 0 radical (unpaired) electrons. The number of carbonyl (C=O) groups excluding carboxylic acids is 2. The average Bonchev–Trinajstić information content (AvgIpc) is 3.55. The molecule has 10 heteroatoms. The molecular weight excluding hydrogens is 624 g/mol. The lowest BCUT2D eigenvalue weighted by atomic mass is 9.98. The fourth-order valence-corrected chi connectivity index (χ4v) is 6.39. The zero-order valence-electron chi connectivity index (χ0n) is 28.6. The lowest BCUT2D eigenvalue weighted by Gasteiger charge is -2.38. The second-order valence-electron chi connectivity index (χ2n) is 13.9. The van der Waals surface area contributed by atoms with E-state index in [4.69, 9.17) is 19.3 Å². The summed E-state index contributed by atoms with van der Waals surface area (Å²) >= 11 is 0. The number of rotatable bonds is 13. The quantitative estimate of drug-likeness (QED) is 0.185. The maximum absolute atomic E-state index is 13.1. The molecule has 2 heterocycles. The molecule has 5 rings (SSSR count).